The van der Waals surface area contributed by atoms with E-state index in [9.17, 15) is 0 Å². The van der Waals surface area contributed by atoms with Crippen LogP contribution in [0.5, 0.6) is 5.75 Å². The number of halogens is 1. The van der Waals surface area contributed by atoms with Gasteiger partial charge in [0, 0.05) is 34.4 Å². The highest BCUT2D eigenvalue weighted by atomic mass is 79.9. The Hall–Kier alpha value is -1.37. The first kappa shape index (κ1) is 12.7. The first-order valence-electron chi connectivity index (χ1n) is 5.78. The molecule has 6 heteroatoms. The predicted octanol–water partition coefficient (Wildman–Crippen LogP) is 3.20. The molecule has 1 aromatic carbocycles. The quantitative estimate of drug-likeness (QED) is 0.795. The van der Waals surface area contributed by atoms with Gasteiger partial charge in [-0.2, -0.15) is 0 Å². The van der Waals surface area contributed by atoms with Crippen molar-refractivity contribution in [3.05, 3.63) is 51.7 Å². The first-order valence-corrected chi connectivity index (χ1v) is 7.46. The third-order valence-electron chi connectivity index (χ3n) is 2.76. The zero-order valence-corrected chi connectivity index (χ0v) is 12.4. The van der Waals surface area contributed by atoms with Gasteiger partial charge in [0.05, 0.1) is 5.69 Å². The molecule has 0 atom stereocenters. The normalized spacial score (nSPS) is 11.1. The second-order valence-corrected chi connectivity index (χ2v) is 5.86. The number of hydrogen-bond donors (Lipinski definition) is 1. The van der Waals surface area contributed by atoms with Crippen molar-refractivity contribution in [3.63, 3.8) is 0 Å². The summed E-state index contributed by atoms with van der Waals surface area (Å²) in [6.45, 7) is 0.899. The van der Waals surface area contributed by atoms with Crippen LogP contribution in [0.15, 0.2) is 40.4 Å². The van der Waals surface area contributed by atoms with Crippen molar-refractivity contribution in [2.75, 3.05) is 0 Å². The Morgan fingerprint density at radius 1 is 1.42 bits per heavy atom. The van der Waals surface area contributed by atoms with Gasteiger partial charge in [-0.05, 0) is 18.2 Å². The van der Waals surface area contributed by atoms with E-state index in [4.69, 9.17) is 10.5 Å². The van der Waals surface area contributed by atoms with E-state index in [2.05, 4.69) is 20.9 Å². The Kier molecular flexibility index (Phi) is 3.54. The molecule has 0 aliphatic heterocycles. The van der Waals surface area contributed by atoms with Crippen molar-refractivity contribution >= 4 is 32.2 Å². The molecule has 2 heterocycles. The minimum absolute atomic E-state index is 0.447. The number of benzene rings is 1. The summed E-state index contributed by atoms with van der Waals surface area (Å²) < 4.78 is 8.79. The van der Waals surface area contributed by atoms with Crippen LogP contribution in [-0.4, -0.2) is 9.38 Å². The zero-order chi connectivity index (χ0) is 13.2. The second kappa shape index (κ2) is 5.32. The Morgan fingerprint density at radius 2 is 2.32 bits per heavy atom. The van der Waals surface area contributed by atoms with Gasteiger partial charge in [0.15, 0.2) is 4.96 Å². The van der Waals surface area contributed by atoms with E-state index in [1.807, 2.05) is 40.4 Å². The predicted molar refractivity (Wildman–Crippen MR) is 79.4 cm³/mol. The summed E-state index contributed by atoms with van der Waals surface area (Å²) in [6.07, 6.45) is 3.97. The topological polar surface area (TPSA) is 52.5 Å². The Labute approximate surface area is 123 Å². The highest BCUT2D eigenvalue weighted by Crippen LogP contribution is 2.23. The van der Waals surface area contributed by atoms with Gasteiger partial charge >= 0.3 is 0 Å². The van der Waals surface area contributed by atoms with Crippen molar-refractivity contribution in [2.24, 2.45) is 5.73 Å². The lowest BCUT2D eigenvalue weighted by Gasteiger charge is -2.09. The standard InChI is InChI=1S/C13H12BrN3OS/c14-10-1-2-12(9(5-10)6-15)18-8-11-7-17-3-4-19-13(17)16-11/h1-5,7H,6,8,15H2. The lowest BCUT2D eigenvalue weighted by atomic mass is 10.2. The number of aromatic nitrogens is 2. The van der Waals surface area contributed by atoms with Crippen molar-refractivity contribution in [3.8, 4) is 5.75 Å². The highest BCUT2D eigenvalue weighted by Gasteiger charge is 2.06. The van der Waals surface area contributed by atoms with E-state index in [-0.39, 0.29) is 0 Å². The number of thiazole rings is 1. The summed E-state index contributed by atoms with van der Waals surface area (Å²) >= 11 is 5.04. The lowest BCUT2D eigenvalue weighted by molar-refractivity contribution is 0.299. The van der Waals surface area contributed by atoms with Gasteiger partial charge in [0.1, 0.15) is 12.4 Å². The average molecular weight is 338 g/mol. The number of fused-ring (bicyclic) bond motifs is 1. The van der Waals surface area contributed by atoms with Crippen LogP contribution in [0.25, 0.3) is 4.96 Å². The van der Waals surface area contributed by atoms with E-state index >= 15 is 0 Å². The van der Waals surface area contributed by atoms with Crippen LogP contribution >= 0.6 is 27.3 Å². The summed E-state index contributed by atoms with van der Waals surface area (Å²) in [4.78, 5) is 5.46. The molecule has 0 spiro atoms. The van der Waals surface area contributed by atoms with Crippen molar-refractivity contribution in [2.45, 2.75) is 13.2 Å². The van der Waals surface area contributed by atoms with E-state index in [1.165, 1.54) is 0 Å². The number of rotatable bonds is 4. The molecule has 0 bridgehead atoms. The summed E-state index contributed by atoms with van der Waals surface area (Å²) in [7, 11) is 0. The second-order valence-electron chi connectivity index (χ2n) is 4.07. The van der Waals surface area contributed by atoms with Crippen LogP contribution < -0.4 is 10.5 Å². The molecule has 0 radical (unpaired) electrons. The van der Waals surface area contributed by atoms with E-state index in [1.54, 1.807) is 11.3 Å². The van der Waals surface area contributed by atoms with Gasteiger partial charge in [-0.25, -0.2) is 4.98 Å². The summed E-state index contributed by atoms with van der Waals surface area (Å²) in [5.41, 5.74) is 7.61. The molecule has 2 aromatic heterocycles. The summed E-state index contributed by atoms with van der Waals surface area (Å²) in [5.74, 6) is 0.807. The van der Waals surface area contributed by atoms with Gasteiger partial charge in [0.2, 0.25) is 0 Å². The first-order chi connectivity index (χ1) is 9.26. The smallest absolute Gasteiger partial charge is 0.193 e. The van der Waals surface area contributed by atoms with Crippen molar-refractivity contribution in [1.29, 1.82) is 0 Å². The van der Waals surface area contributed by atoms with Crippen LogP contribution in [0.1, 0.15) is 11.3 Å². The fourth-order valence-electron chi connectivity index (χ4n) is 1.85. The van der Waals surface area contributed by atoms with Gasteiger partial charge in [-0.3, -0.25) is 4.40 Å². The molecule has 0 saturated heterocycles. The lowest BCUT2D eigenvalue weighted by Crippen LogP contribution is -2.03. The molecular weight excluding hydrogens is 326 g/mol. The molecule has 3 rings (SSSR count). The fraction of sp³-hybridized carbons (Fsp3) is 0.154. The molecule has 0 amide bonds. The SMILES string of the molecule is NCc1cc(Br)ccc1OCc1cn2ccsc2n1. The monoisotopic (exact) mass is 337 g/mol. The maximum atomic E-state index is 5.80. The molecule has 0 aliphatic carbocycles. The molecule has 98 valence electrons. The molecule has 3 aromatic rings. The van der Waals surface area contributed by atoms with Gasteiger partial charge in [-0.1, -0.05) is 15.9 Å². The Morgan fingerprint density at radius 3 is 3.11 bits per heavy atom. The third kappa shape index (κ3) is 2.65. The molecular formula is C13H12BrN3OS. The number of imidazole rings is 1. The molecule has 0 aliphatic rings. The van der Waals surface area contributed by atoms with E-state index in [0.717, 1.165) is 26.4 Å². The molecule has 0 fully saturated rings. The van der Waals surface area contributed by atoms with Crippen LogP contribution in [0.3, 0.4) is 0 Å². The molecule has 0 saturated carbocycles. The number of hydrogen-bond acceptors (Lipinski definition) is 4. The van der Waals surface area contributed by atoms with Crippen LogP contribution in [0.2, 0.25) is 0 Å². The van der Waals surface area contributed by atoms with Crippen LogP contribution in [0, 0.1) is 0 Å². The fourth-order valence-corrected chi connectivity index (χ4v) is 2.97. The highest BCUT2D eigenvalue weighted by molar-refractivity contribution is 9.10. The minimum Gasteiger partial charge on any atom is -0.487 e. The van der Waals surface area contributed by atoms with Gasteiger partial charge < -0.3 is 10.5 Å². The maximum absolute atomic E-state index is 5.80. The molecule has 4 nitrogen and oxygen atoms in total. The average Bonchev–Trinajstić information content (AvgIpc) is 2.97. The van der Waals surface area contributed by atoms with Crippen molar-refractivity contribution < 1.29 is 4.74 Å². The Balaban J connectivity index is 1.77. The zero-order valence-electron chi connectivity index (χ0n) is 10.0. The molecule has 2 N–H and O–H groups in total. The largest absolute Gasteiger partial charge is 0.487 e. The summed E-state index contributed by atoms with van der Waals surface area (Å²) in [5, 5.41) is 2.01. The van der Waals surface area contributed by atoms with E-state index < -0.39 is 0 Å². The maximum Gasteiger partial charge on any atom is 0.193 e. The number of nitrogens with zero attached hydrogens (tertiary/aromatic N) is 2. The minimum atomic E-state index is 0.447. The Bertz CT molecular complexity index is 678. The molecule has 19 heavy (non-hydrogen) atoms. The third-order valence-corrected chi connectivity index (χ3v) is 4.03. The van der Waals surface area contributed by atoms with Crippen LogP contribution in [-0.2, 0) is 13.2 Å². The van der Waals surface area contributed by atoms with Crippen LogP contribution in [0.4, 0.5) is 0 Å². The molecule has 0 unspecified atom stereocenters. The van der Waals surface area contributed by atoms with E-state index in [0.29, 0.717) is 13.2 Å². The summed E-state index contributed by atoms with van der Waals surface area (Å²) in [6, 6.07) is 5.84. The van der Waals surface area contributed by atoms with Gasteiger partial charge in [-0.15, -0.1) is 11.3 Å². The number of nitrogens with two attached hydrogens (primary N) is 1. The number of ether oxygens (including phenoxy) is 1. The van der Waals surface area contributed by atoms with Gasteiger partial charge in [0.25, 0.3) is 0 Å². The van der Waals surface area contributed by atoms with Crippen molar-refractivity contribution in [1.82, 2.24) is 9.38 Å².